The Balaban J connectivity index is 1.64. The van der Waals surface area contributed by atoms with E-state index >= 15 is 0 Å². The summed E-state index contributed by atoms with van der Waals surface area (Å²) in [7, 11) is 0. The number of fused-ring (bicyclic) bond motifs is 2. The second-order valence-corrected chi connectivity index (χ2v) is 6.53. The Morgan fingerprint density at radius 3 is 2.82 bits per heavy atom. The molecule has 5 heteroatoms. The predicted molar refractivity (Wildman–Crippen MR) is 82.3 cm³/mol. The maximum atomic E-state index is 13.0. The summed E-state index contributed by atoms with van der Waals surface area (Å²) in [6.45, 7) is 5.92. The van der Waals surface area contributed by atoms with Gasteiger partial charge in [-0.3, -0.25) is 14.6 Å². The Morgan fingerprint density at radius 2 is 2.05 bits per heavy atom. The standard InChI is InChI=1S/C17H22N2O3/c1-13-5-4-8-18(11-13)12-19-15-7-3-2-6-14(15)17(16(19)20)21-9-10-22-17/h2-3,6-7,13H,4-5,8-12H2,1H3/t13-/m0/s1. The van der Waals surface area contributed by atoms with Crippen LogP contribution in [-0.4, -0.2) is 43.8 Å². The van der Waals surface area contributed by atoms with Gasteiger partial charge in [0.05, 0.1) is 25.6 Å². The highest BCUT2D eigenvalue weighted by Gasteiger charge is 2.56. The second kappa shape index (κ2) is 5.33. The van der Waals surface area contributed by atoms with E-state index in [1.807, 2.05) is 29.2 Å². The molecule has 3 heterocycles. The number of hydrogen-bond acceptors (Lipinski definition) is 4. The van der Waals surface area contributed by atoms with E-state index in [0.29, 0.717) is 25.8 Å². The van der Waals surface area contributed by atoms with E-state index in [-0.39, 0.29) is 5.91 Å². The van der Waals surface area contributed by atoms with Crippen LogP contribution in [0.25, 0.3) is 0 Å². The van der Waals surface area contributed by atoms with Crippen molar-refractivity contribution in [2.45, 2.75) is 25.6 Å². The van der Waals surface area contributed by atoms with Gasteiger partial charge in [-0.05, 0) is 31.4 Å². The minimum Gasteiger partial charge on any atom is -0.336 e. The molecule has 2 fully saturated rings. The summed E-state index contributed by atoms with van der Waals surface area (Å²) in [6, 6.07) is 7.83. The summed E-state index contributed by atoms with van der Waals surface area (Å²) in [4.78, 5) is 17.2. The molecule has 0 saturated carbocycles. The zero-order valence-corrected chi connectivity index (χ0v) is 13.0. The van der Waals surface area contributed by atoms with E-state index in [4.69, 9.17) is 9.47 Å². The second-order valence-electron chi connectivity index (χ2n) is 6.53. The van der Waals surface area contributed by atoms with Crippen molar-refractivity contribution in [1.29, 1.82) is 0 Å². The van der Waals surface area contributed by atoms with E-state index in [9.17, 15) is 4.79 Å². The van der Waals surface area contributed by atoms with Crippen LogP contribution in [0, 0.1) is 5.92 Å². The Hall–Kier alpha value is -1.43. The molecule has 0 bridgehead atoms. The van der Waals surface area contributed by atoms with Crippen molar-refractivity contribution in [3.05, 3.63) is 29.8 Å². The maximum Gasteiger partial charge on any atom is 0.293 e. The molecular weight excluding hydrogens is 280 g/mol. The Labute approximate surface area is 130 Å². The third kappa shape index (κ3) is 2.07. The molecule has 5 nitrogen and oxygen atoms in total. The van der Waals surface area contributed by atoms with Gasteiger partial charge < -0.3 is 9.47 Å². The van der Waals surface area contributed by atoms with Gasteiger partial charge in [-0.15, -0.1) is 0 Å². The van der Waals surface area contributed by atoms with E-state index in [0.717, 1.165) is 24.3 Å². The fraction of sp³-hybridized carbons (Fsp3) is 0.588. The van der Waals surface area contributed by atoms with Gasteiger partial charge in [-0.2, -0.15) is 0 Å². The highest BCUT2D eigenvalue weighted by atomic mass is 16.7. The number of hydrogen-bond donors (Lipinski definition) is 0. The van der Waals surface area contributed by atoms with Crippen molar-refractivity contribution in [3.8, 4) is 0 Å². The first-order valence-corrected chi connectivity index (χ1v) is 8.12. The van der Waals surface area contributed by atoms with Crippen LogP contribution >= 0.6 is 0 Å². The van der Waals surface area contributed by atoms with E-state index in [1.54, 1.807) is 0 Å². The molecule has 1 atom stereocenters. The summed E-state index contributed by atoms with van der Waals surface area (Å²) in [5.41, 5.74) is 1.77. The number of nitrogens with zero attached hydrogens (tertiary/aromatic N) is 2. The van der Waals surface area contributed by atoms with Crippen molar-refractivity contribution in [1.82, 2.24) is 4.90 Å². The lowest BCUT2D eigenvalue weighted by molar-refractivity contribution is -0.181. The number of rotatable bonds is 2. The molecule has 1 aromatic rings. The van der Waals surface area contributed by atoms with Gasteiger partial charge in [0.1, 0.15) is 0 Å². The minimum absolute atomic E-state index is 0.0792. The van der Waals surface area contributed by atoms with Crippen LogP contribution < -0.4 is 4.90 Å². The lowest BCUT2D eigenvalue weighted by Crippen LogP contribution is -2.48. The van der Waals surface area contributed by atoms with Gasteiger partial charge >= 0.3 is 0 Å². The highest BCUT2D eigenvalue weighted by molar-refractivity contribution is 6.06. The molecular formula is C17H22N2O3. The molecule has 1 spiro atoms. The maximum absolute atomic E-state index is 13.0. The number of benzene rings is 1. The molecule has 2 saturated heterocycles. The lowest BCUT2D eigenvalue weighted by Gasteiger charge is -2.34. The zero-order valence-electron chi connectivity index (χ0n) is 13.0. The van der Waals surface area contributed by atoms with Gasteiger partial charge in [-0.25, -0.2) is 0 Å². The first kappa shape index (κ1) is 14.2. The number of carbonyl (C=O) groups is 1. The first-order chi connectivity index (χ1) is 10.7. The van der Waals surface area contributed by atoms with E-state index < -0.39 is 5.79 Å². The average Bonchev–Trinajstić information content (AvgIpc) is 3.10. The van der Waals surface area contributed by atoms with E-state index in [2.05, 4.69) is 11.8 Å². The molecule has 3 aliphatic heterocycles. The van der Waals surface area contributed by atoms with Gasteiger partial charge in [0, 0.05) is 12.1 Å². The molecule has 1 amide bonds. The van der Waals surface area contributed by atoms with Crippen molar-refractivity contribution in [2.24, 2.45) is 5.92 Å². The largest absolute Gasteiger partial charge is 0.336 e. The SMILES string of the molecule is C[C@H]1CCCN(CN2C(=O)C3(OCCO3)c3ccccc32)C1. The fourth-order valence-corrected chi connectivity index (χ4v) is 3.84. The number of piperidine rings is 1. The first-order valence-electron chi connectivity index (χ1n) is 8.12. The number of carbonyl (C=O) groups excluding carboxylic acids is 1. The highest BCUT2D eigenvalue weighted by Crippen LogP contribution is 2.45. The van der Waals surface area contributed by atoms with Crippen LogP contribution in [0.4, 0.5) is 5.69 Å². The van der Waals surface area contributed by atoms with Crippen LogP contribution in [0.2, 0.25) is 0 Å². The topological polar surface area (TPSA) is 42.0 Å². The molecule has 0 unspecified atom stereocenters. The van der Waals surface area contributed by atoms with E-state index in [1.165, 1.54) is 12.8 Å². The molecule has 0 N–H and O–H groups in total. The smallest absolute Gasteiger partial charge is 0.293 e. The third-order valence-corrected chi connectivity index (χ3v) is 4.85. The van der Waals surface area contributed by atoms with Crippen LogP contribution in [-0.2, 0) is 20.1 Å². The number of likely N-dealkylation sites (tertiary alicyclic amines) is 1. The van der Waals surface area contributed by atoms with Gasteiger partial charge in [0.2, 0.25) is 0 Å². The Kier molecular flexibility index (Phi) is 3.44. The van der Waals surface area contributed by atoms with Crippen molar-refractivity contribution >= 4 is 11.6 Å². The van der Waals surface area contributed by atoms with Crippen LogP contribution in [0.5, 0.6) is 0 Å². The number of para-hydroxylation sites is 1. The molecule has 3 aliphatic rings. The third-order valence-electron chi connectivity index (χ3n) is 4.85. The summed E-state index contributed by atoms with van der Waals surface area (Å²) in [5, 5.41) is 0. The normalized spacial score (nSPS) is 27.6. The van der Waals surface area contributed by atoms with Crippen LogP contribution in [0.1, 0.15) is 25.3 Å². The summed E-state index contributed by atoms with van der Waals surface area (Å²) >= 11 is 0. The molecule has 118 valence electrons. The predicted octanol–water partition coefficient (Wildman–Crippen LogP) is 1.92. The number of ether oxygens (including phenoxy) is 2. The molecule has 0 aliphatic carbocycles. The van der Waals surface area contributed by atoms with Gasteiger partial charge in [-0.1, -0.05) is 25.1 Å². The molecule has 0 radical (unpaired) electrons. The van der Waals surface area contributed by atoms with Crippen molar-refractivity contribution in [2.75, 3.05) is 37.9 Å². The summed E-state index contributed by atoms with van der Waals surface area (Å²) in [5.74, 6) is -0.586. The average molecular weight is 302 g/mol. The summed E-state index contributed by atoms with van der Waals surface area (Å²) < 4.78 is 11.5. The quantitative estimate of drug-likeness (QED) is 0.837. The minimum atomic E-state index is -1.20. The Morgan fingerprint density at radius 1 is 1.27 bits per heavy atom. The molecule has 4 rings (SSSR count). The summed E-state index contributed by atoms with van der Waals surface area (Å²) in [6.07, 6.45) is 2.47. The number of anilines is 1. The number of amides is 1. The van der Waals surface area contributed by atoms with Gasteiger partial charge in [0.25, 0.3) is 11.7 Å². The lowest BCUT2D eigenvalue weighted by atomic mass is 10.0. The van der Waals surface area contributed by atoms with Crippen LogP contribution in [0.15, 0.2) is 24.3 Å². The molecule has 1 aromatic carbocycles. The van der Waals surface area contributed by atoms with Gasteiger partial charge in [0.15, 0.2) is 0 Å². The molecule has 22 heavy (non-hydrogen) atoms. The van der Waals surface area contributed by atoms with Crippen LogP contribution in [0.3, 0.4) is 0 Å². The van der Waals surface area contributed by atoms with Crippen molar-refractivity contribution < 1.29 is 14.3 Å². The van der Waals surface area contributed by atoms with Crippen molar-refractivity contribution in [3.63, 3.8) is 0 Å². The molecule has 0 aromatic heterocycles. The zero-order chi connectivity index (χ0) is 15.2. The fourth-order valence-electron chi connectivity index (χ4n) is 3.84. The Bertz CT molecular complexity index is 583. The monoisotopic (exact) mass is 302 g/mol.